The van der Waals surface area contributed by atoms with E-state index in [1.54, 1.807) is 0 Å². The van der Waals surface area contributed by atoms with Gasteiger partial charge in [-0.3, -0.25) is 0 Å². The van der Waals surface area contributed by atoms with Gasteiger partial charge in [0.15, 0.2) is 0 Å². The fraction of sp³-hybridized carbons (Fsp3) is 0.429. The SMILES string of the molecule is CNCCC#Cc1ccc2c(c1)CCNC2. The van der Waals surface area contributed by atoms with E-state index in [4.69, 9.17) is 0 Å². The molecule has 1 aliphatic rings. The largest absolute Gasteiger partial charge is 0.319 e. The Morgan fingerprint density at radius 1 is 1.38 bits per heavy atom. The van der Waals surface area contributed by atoms with E-state index in [2.05, 4.69) is 40.7 Å². The third-order valence-corrected chi connectivity index (χ3v) is 2.83. The van der Waals surface area contributed by atoms with Crippen molar-refractivity contribution in [1.82, 2.24) is 10.6 Å². The van der Waals surface area contributed by atoms with Crippen molar-refractivity contribution in [2.75, 3.05) is 20.1 Å². The van der Waals surface area contributed by atoms with Crippen LogP contribution in [0.2, 0.25) is 0 Å². The van der Waals surface area contributed by atoms with Crippen LogP contribution < -0.4 is 10.6 Å². The predicted molar refractivity (Wildman–Crippen MR) is 67.3 cm³/mol. The lowest BCUT2D eigenvalue weighted by Gasteiger charge is -2.16. The van der Waals surface area contributed by atoms with Crippen LogP contribution >= 0.6 is 0 Å². The summed E-state index contributed by atoms with van der Waals surface area (Å²) in [7, 11) is 1.95. The molecule has 2 rings (SSSR count). The summed E-state index contributed by atoms with van der Waals surface area (Å²) in [6.45, 7) is 3.05. The number of hydrogen-bond acceptors (Lipinski definition) is 2. The van der Waals surface area contributed by atoms with Gasteiger partial charge < -0.3 is 10.6 Å². The molecular formula is C14H18N2. The molecule has 1 aliphatic heterocycles. The number of benzene rings is 1. The summed E-state index contributed by atoms with van der Waals surface area (Å²) in [5.74, 6) is 6.40. The van der Waals surface area contributed by atoms with Gasteiger partial charge in [0, 0.05) is 25.1 Å². The summed E-state index contributed by atoms with van der Waals surface area (Å²) >= 11 is 0. The van der Waals surface area contributed by atoms with E-state index in [1.807, 2.05) is 7.05 Å². The molecule has 0 saturated carbocycles. The van der Waals surface area contributed by atoms with Gasteiger partial charge in [0.2, 0.25) is 0 Å². The quantitative estimate of drug-likeness (QED) is 0.572. The average molecular weight is 214 g/mol. The lowest BCUT2D eigenvalue weighted by atomic mass is 9.98. The third-order valence-electron chi connectivity index (χ3n) is 2.83. The van der Waals surface area contributed by atoms with E-state index in [0.29, 0.717) is 0 Å². The molecule has 1 aromatic rings. The maximum absolute atomic E-state index is 3.38. The highest BCUT2D eigenvalue weighted by molar-refractivity contribution is 5.41. The molecule has 0 spiro atoms. The molecule has 1 heterocycles. The Morgan fingerprint density at radius 3 is 3.19 bits per heavy atom. The molecule has 2 N–H and O–H groups in total. The monoisotopic (exact) mass is 214 g/mol. The standard InChI is InChI=1S/C14H18N2/c1-15-8-3-2-4-12-5-6-14-11-16-9-7-13(14)10-12/h5-6,10,15-16H,3,7-9,11H2,1H3. The van der Waals surface area contributed by atoms with Gasteiger partial charge in [-0.15, -0.1) is 0 Å². The van der Waals surface area contributed by atoms with Crippen LogP contribution in [-0.2, 0) is 13.0 Å². The van der Waals surface area contributed by atoms with Crippen LogP contribution in [0.15, 0.2) is 18.2 Å². The minimum atomic E-state index is 0.912. The van der Waals surface area contributed by atoms with Crippen molar-refractivity contribution >= 4 is 0 Å². The summed E-state index contributed by atoms with van der Waals surface area (Å²) in [5, 5.41) is 6.47. The first kappa shape index (κ1) is 11.2. The van der Waals surface area contributed by atoms with Crippen LogP contribution in [0.5, 0.6) is 0 Å². The lowest BCUT2D eigenvalue weighted by molar-refractivity contribution is 0.643. The molecular weight excluding hydrogens is 196 g/mol. The van der Waals surface area contributed by atoms with Crippen molar-refractivity contribution in [3.63, 3.8) is 0 Å². The highest BCUT2D eigenvalue weighted by Crippen LogP contribution is 2.15. The minimum absolute atomic E-state index is 0.912. The lowest BCUT2D eigenvalue weighted by Crippen LogP contribution is -2.23. The Kier molecular flexibility index (Phi) is 3.98. The van der Waals surface area contributed by atoms with Gasteiger partial charge in [-0.25, -0.2) is 0 Å². The Labute approximate surface area is 97.4 Å². The van der Waals surface area contributed by atoms with Crippen molar-refractivity contribution in [2.45, 2.75) is 19.4 Å². The zero-order chi connectivity index (χ0) is 11.2. The number of nitrogens with one attached hydrogen (secondary N) is 2. The van der Waals surface area contributed by atoms with Crippen LogP contribution in [0.3, 0.4) is 0 Å². The van der Waals surface area contributed by atoms with Crippen molar-refractivity contribution in [2.24, 2.45) is 0 Å². The fourth-order valence-corrected chi connectivity index (χ4v) is 1.91. The van der Waals surface area contributed by atoms with Crippen LogP contribution in [0.4, 0.5) is 0 Å². The highest BCUT2D eigenvalue weighted by atomic mass is 14.9. The molecule has 0 aliphatic carbocycles. The van der Waals surface area contributed by atoms with Gasteiger partial charge in [0.05, 0.1) is 0 Å². The molecule has 0 saturated heterocycles. The second-order valence-electron chi connectivity index (χ2n) is 4.07. The zero-order valence-electron chi connectivity index (χ0n) is 9.77. The number of rotatable bonds is 2. The number of hydrogen-bond donors (Lipinski definition) is 2. The summed E-state index contributed by atoms with van der Waals surface area (Å²) < 4.78 is 0. The minimum Gasteiger partial charge on any atom is -0.319 e. The summed E-state index contributed by atoms with van der Waals surface area (Å²) in [6, 6.07) is 6.56. The Bertz CT molecular complexity index is 412. The molecule has 0 bridgehead atoms. The van der Waals surface area contributed by atoms with Crippen molar-refractivity contribution < 1.29 is 0 Å². The van der Waals surface area contributed by atoms with Gasteiger partial charge in [-0.05, 0) is 43.3 Å². The Balaban J connectivity index is 2.07. The van der Waals surface area contributed by atoms with Gasteiger partial charge in [-0.2, -0.15) is 0 Å². The zero-order valence-corrected chi connectivity index (χ0v) is 9.77. The Morgan fingerprint density at radius 2 is 2.31 bits per heavy atom. The summed E-state index contributed by atoms with van der Waals surface area (Å²) in [4.78, 5) is 0. The second kappa shape index (κ2) is 5.69. The van der Waals surface area contributed by atoms with Crippen LogP contribution in [0.1, 0.15) is 23.1 Å². The van der Waals surface area contributed by atoms with E-state index >= 15 is 0 Å². The molecule has 0 radical (unpaired) electrons. The van der Waals surface area contributed by atoms with Crippen LogP contribution in [0.25, 0.3) is 0 Å². The van der Waals surface area contributed by atoms with Crippen molar-refractivity contribution in [1.29, 1.82) is 0 Å². The summed E-state index contributed by atoms with van der Waals surface area (Å²) in [6.07, 6.45) is 2.04. The molecule has 0 amide bonds. The van der Waals surface area contributed by atoms with E-state index in [1.165, 1.54) is 11.1 Å². The molecule has 0 atom stereocenters. The molecule has 0 aromatic heterocycles. The summed E-state index contributed by atoms with van der Waals surface area (Å²) in [5.41, 5.74) is 4.03. The van der Waals surface area contributed by atoms with E-state index < -0.39 is 0 Å². The molecule has 2 heteroatoms. The normalized spacial score (nSPS) is 13.8. The van der Waals surface area contributed by atoms with E-state index in [0.717, 1.165) is 38.0 Å². The molecule has 1 aromatic carbocycles. The van der Waals surface area contributed by atoms with Gasteiger partial charge in [0.25, 0.3) is 0 Å². The first-order chi connectivity index (χ1) is 7.90. The second-order valence-corrected chi connectivity index (χ2v) is 4.07. The van der Waals surface area contributed by atoms with Gasteiger partial charge in [-0.1, -0.05) is 17.9 Å². The average Bonchev–Trinajstić information content (AvgIpc) is 2.34. The smallest absolute Gasteiger partial charge is 0.0248 e. The third kappa shape index (κ3) is 2.85. The topological polar surface area (TPSA) is 24.1 Å². The van der Waals surface area contributed by atoms with Crippen molar-refractivity contribution in [3.05, 3.63) is 34.9 Å². The first-order valence-electron chi connectivity index (χ1n) is 5.86. The van der Waals surface area contributed by atoms with Gasteiger partial charge in [0.1, 0.15) is 0 Å². The fourth-order valence-electron chi connectivity index (χ4n) is 1.91. The molecule has 16 heavy (non-hydrogen) atoms. The maximum Gasteiger partial charge on any atom is 0.0248 e. The van der Waals surface area contributed by atoms with Crippen LogP contribution in [0, 0.1) is 11.8 Å². The predicted octanol–water partition coefficient (Wildman–Crippen LogP) is 1.29. The molecule has 84 valence electrons. The molecule has 0 unspecified atom stereocenters. The van der Waals surface area contributed by atoms with Crippen molar-refractivity contribution in [3.8, 4) is 11.8 Å². The Hall–Kier alpha value is -1.30. The highest BCUT2D eigenvalue weighted by Gasteiger charge is 2.07. The molecule has 0 fully saturated rings. The van der Waals surface area contributed by atoms with E-state index in [9.17, 15) is 0 Å². The van der Waals surface area contributed by atoms with E-state index in [-0.39, 0.29) is 0 Å². The number of fused-ring (bicyclic) bond motifs is 1. The maximum atomic E-state index is 3.38. The first-order valence-corrected chi connectivity index (χ1v) is 5.86. The van der Waals surface area contributed by atoms with Crippen LogP contribution in [-0.4, -0.2) is 20.1 Å². The van der Waals surface area contributed by atoms with Gasteiger partial charge >= 0.3 is 0 Å². The molecule has 2 nitrogen and oxygen atoms in total.